The zero-order valence-electron chi connectivity index (χ0n) is 10.7. The quantitative estimate of drug-likeness (QED) is 0.825. The van der Waals surface area contributed by atoms with Crippen LogP contribution in [0.25, 0.3) is 0 Å². The van der Waals surface area contributed by atoms with Gasteiger partial charge in [-0.3, -0.25) is 9.59 Å². The first kappa shape index (κ1) is 12.2. The van der Waals surface area contributed by atoms with E-state index in [1.54, 1.807) is 0 Å². The largest absolute Gasteiger partial charge is 0.469 e. The molecule has 0 atom stereocenters. The highest BCUT2D eigenvalue weighted by Gasteiger charge is 2.43. The van der Waals surface area contributed by atoms with Crippen molar-refractivity contribution in [2.45, 2.75) is 18.3 Å². The van der Waals surface area contributed by atoms with Crippen LogP contribution >= 0.6 is 0 Å². The summed E-state index contributed by atoms with van der Waals surface area (Å²) in [6, 6.07) is 5.85. The molecule has 1 aromatic carbocycles. The number of carbonyl (C=O) groups is 2. The summed E-state index contributed by atoms with van der Waals surface area (Å²) in [7, 11) is 1.39. The van der Waals surface area contributed by atoms with Crippen LogP contribution in [0.1, 0.15) is 17.5 Å². The lowest BCUT2D eigenvalue weighted by molar-refractivity contribution is -0.148. The Balaban J connectivity index is 1.90. The molecule has 0 aromatic heterocycles. The summed E-state index contributed by atoms with van der Waals surface area (Å²) in [5.41, 5.74) is 2.59. The Hall–Kier alpha value is -1.88. The van der Waals surface area contributed by atoms with Crippen molar-refractivity contribution in [1.29, 1.82) is 0 Å². The number of anilines is 1. The van der Waals surface area contributed by atoms with Crippen molar-refractivity contribution in [1.82, 2.24) is 0 Å². The second-order valence-electron chi connectivity index (χ2n) is 5.12. The number of ether oxygens (including phenoxy) is 2. The van der Waals surface area contributed by atoms with Crippen LogP contribution in [0.2, 0.25) is 0 Å². The van der Waals surface area contributed by atoms with Gasteiger partial charge in [0.1, 0.15) is 0 Å². The summed E-state index contributed by atoms with van der Waals surface area (Å²) in [4.78, 5) is 22.9. The third-order valence-electron chi connectivity index (χ3n) is 3.81. The Morgan fingerprint density at radius 1 is 1.47 bits per heavy atom. The minimum absolute atomic E-state index is 0.0130. The summed E-state index contributed by atoms with van der Waals surface area (Å²) in [6.45, 7) is 1.03. The molecule has 0 aliphatic carbocycles. The van der Waals surface area contributed by atoms with Crippen molar-refractivity contribution in [2.75, 3.05) is 25.6 Å². The number of hydrogen-bond donors (Lipinski definition) is 1. The molecule has 1 aromatic rings. The van der Waals surface area contributed by atoms with Crippen LogP contribution < -0.4 is 5.32 Å². The summed E-state index contributed by atoms with van der Waals surface area (Å²) in [6.07, 6.45) is 0.710. The average molecular weight is 261 g/mol. The molecule has 0 unspecified atom stereocenters. The molecule has 0 radical (unpaired) electrons. The van der Waals surface area contributed by atoms with E-state index in [-0.39, 0.29) is 17.3 Å². The van der Waals surface area contributed by atoms with Crippen LogP contribution in [0.3, 0.4) is 0 Å². The molecular formula is C14H15NO4. The van der Waals surface area contributed by atoms with Crippen molar-refractivity contribution in [2.24, 2.45) is 0 Å². The van der Waals surface area contributed by atoms with Crippen molar-refractivity contribution in [3.8, 4) is 0 Å². The normalized spacial score (nSPS) is 19.3. The van der Waals surface area contributed by atoms with Crippen LogP contribution in [0.15, 0.2) is 18.2 Å². The van der Waals surface area contributed by atoms with Crippen LogP contribution in [-0.4, -0.2) is 32.2 Å². The highest BCUT2D eigenvalue weighted by Crippen LogP contribution is 2.38. The zero-order chi connectivity index (χ0) is 13.5. The minimum Gasteiger partial charge on any atom is -0.469 e. The van der Waals surface area contributed by atoms with Gasteiger partial charge in [0.25, 0.3) is 0 Å². The van der Waals surface area contributed by atoms with E-state index in [1.165, 1.54) is 7.11 Å². The SMILES string of the molecule is COC(=O)CC1(c2ccc3c(c2)CC(=O)N3)COC1. The van der Waals surface area contributed by atoms with Gasteiger partial charge in [-0.15, -0.1) is 0 Å². The molecule has 3 rings (SSSR count). The third kappa shape index (κ3) is 2.00. The van der Waals surface area contributed by atoms with E-state index < -0.39 is 0 Å². The number of rotatable bonds is 3. The van der Waals surface area contributed by atoms with Gasteiger partial charge in [-0.1, -0.05) is 12.1 Å². The fraction of sp³-hybridized carbons (Fsp3) is 0.429. The first-order valence-electron chi connectivity index (χ1n) is 6.21. The number of benzene rings is 1. The van der Waals surface area contributed by atoms with Crippen molar-refractivity contribution >= 4 is 17.6 Å². The Morgan fingerprint density at radius 2 is 2.26 bits per heavy atom. The fourth-order valence-electron chi connectivity index (χ4n) is 2.63. The highest BCUT2D eigenvalue weighted by atomic mass is 16.5. The van der Waals surface area contributed by atoms with Gasteiger partial charge in [-0.25, -0.2) is 0 Å². The molecule has 2 aliphatic heterocycles. The van der Waals surface area contributed by atoms with Gasteiger partial charge in [-0.05, 0) is 17.2 Å². The van der Waals surface area contributed by atoms with E-state index in [0.717, 1.165) is 16.8 Å². The van der Waals surface area contributed by atoms with E-state index in [0.29, 0.717) is 26.1 Å². The lowest BCUT2D eigenvalue weighted by atomic mass is 9.75. The molecule has 100 valence electrons. The maximum atomic E-state index is 11.5. The lowest BCUT2D eigenvalue weighted by Crippen LogP contribution is -2.48. The molecule has 0 bridgehead atoms. The molecule has 5 heteroatoms. The van der Waals surface area contributed by atoms with Crippen LogP contribution in [0.4, 0.5) is 5.69 Å². The van der Waals surface area contributed by atoms with Gasteiger partial charge in [0.2, 0.25) is 5.91 Å². The van der Waals surface area contributed by atoms with E-state index in [4.69, 9.17) is 9.47 Å². The molecule has 2 aliphatic rings. The average Bonchev–Trinajstić information content (AvgIpc) is 2.72. The number of hydrogen-bond acceptors (Lipinski definition) is 4. The summed E-state index contributed by atoms with van der Waals surface area (Å²) in [5.74, 6) is -0.225. The van der Waals surface area contributed by atoms with Gasteiger partial charge in [0, 0.05) is 5.69 Å². The van der Waals surface area contributed by atoms with Gasteiger partial charge in [0.05, 0.1) is 38.6 Å². The molecule has 1 fully saturated rings. The molecule has 2 heterocycles. The molecular weight excluding hydrogens is 246 g/mol. The zero-order valence-corrected chi connectivity index (χ0v) is 10.7. The van der Waals surface area contributed by atoms with Crippen molar-refractivity contribution < 1.29 is 19.1 Å². The second-order valence-corrected chi connectivity index (χ2v) is 5.12. The highest BCUT2D eigenvalue weighted by molar-refractivity contribution is 5.99. The Labute approximate surface area is 110 Å². The van der Waals surface area contributed by atoms with Gasteiger partial charge < -0.3 is 14.8 Å². The number of amides is 1. The van der Waals surface area contributed by atoms with Gasteiger partial charge in [-0.2, -0.15) is 0 Å². The van der Waals surface area contributed by atoms with E-state index in [1.807, 2.05) is 18.2 Å². The number of methoxy groups -OCH3 is 1. The lowest BCUT2D eigenvalue weighted by Gasteiger charge is -2.41. The molecule has 19 heavy (non-hydrogen) atoms. The molecule has 1 N–H and O–H groups in total. The molecule has 0 saturated carbocycles. The second kappa shape index (κ2) is 4.35. The van der Waals surface area contributed by atoms with E-state index in [9.17, 15) is 9.59 Å². The Kier molecular flexibility index (Phi) is 2.78. The maximum Gasteiger partial charge on any atom is 0.306 e. The summed E-state index contributed by atoms with van der Waals surface area (Å²) >= 11 is 0. The Bertz CT molecular complexity index is 548. The number of esters is 1. The van der Waals surface area contributed by atoms with Gasteiger partial charge in [0.15, 0.2) is 0 Å². The molecule has 5 nitrogen and oxygen atoms in total. The van der Waals surface area contributed by atoms with Crippen LogP contribution in [0, 0.1) is 0 Å². The standard InChI is InChI=1S/C14H15NO4/c1-18-13(17)6-14(7-19-8-14)10-2-3-11-9(4-10)5-12(16)15-11/h2-4H,5-8H2,1H3,(H,15,16). The predicted molar refractivity (Wildman–Crippen MR) is 67.9 cm³/mol. The molecule has 1 saturated heterocycles. The third-order valence-corrected chi connectivity index (χ3v) is 3.81. The van der Waals surface area contributed by atoms with E-state index >= 15 is 0 Å². The maximum absolute atomic E-state index is 11.5. The Morgan fingerprint density at radius 3 is 2.89 bits per heavy atom. The summed E-state index contributed by atoms with van der Waals surface area (Å²) < 4.78 is 10.0. The number of nitrogens with one attached hydrogen (secondary N) is 1. The van der Waals surface area contributed by atoms with Crippen LogP contribution in [0.5, 0.6) is 0 Å². The fourth-order valence-corrected chi connectivity index (χ4v) is 2.63. The van der Waals surface area contributed by atoms with Crippen molar-refractivity contribution in [3.05, 3.63) is 29.3 Å². The first-order valence-corrected chi connectivity index (χ1v) is 6.21. The van der Waals surface area contributed by atoms with Crippen LogP contribution in [-0.2, 0) is 30.9 Å². The topological polar surface area (TPSA) is 64.6 Å². The number of fused-ring (bicyclic) bond motifs is 1. The molecule has 0 spiro atoms. The van der Waals surface area contributed by atoms with E-state index in [2.05, 4.69) is 5.32 Å². The number of carbonyl (C=O) groups excluding carboxylic acids is 2. The first-order chi connectivity index (χ1) is 9.13. The smallest absolute Gasteiger partial charge is 0.306 e. The van der Waals surface area contributed by atoms with Gasteiger partial charge >= 0.3 is 5.97 Å². The minimum atomic E-state index is -0.298. The monoisotopic (exact) mass is 261 g/mol. The molecule has 1 amide bonds. The van der Waals surface area contributed by atoms with Crippen molar-refractivity contribution in [3.63, 3.8) is 0 Å². The summed E-state index contributed by atoms with van der Waals surface area (Å²) in [5, 5.41) is 2.80. The predicted octanol–water partition coefficient (Wildman–Crippen LogP) is 1.01.